The fourth-order valence-electron chi connectivity index (χ4n) is 3.76. The van der Waals surface area contributed by atoms with Gasteiger partial charge in [-0.15, -0.1) is 11.3 Å². The van der Waals surface area contributed by atoms with Crippen LogP contribution in [0.1, 0.15) is 45.1 Å². The maximum atomic E-state index is 12.9. The molecular weight excluding hydrogens is 396 g/mol. The fourth-order valence-corrected chi connectivity index (χ4v) is 4.50. The second kappa shape index (κ2) is 8.21. The summed E-state index contributed by atoms with van der Waals surface area (Å²) in [5, 5.41) is 16.3. The lowest BCUT2D eigenvalue weighted by Gasteiger charge is -2.36. The van der Waals surface area contributed by atoms with E-state index in [-0.39, 0.29) is 5.92 Å². The van der Waals surface area contributed by atoms with Gasteiger partial charge in [0, 0.05) is 0 Å². The van der Waals surface area contributed by atoms with Gasteiger partial charge >= 0.3 is 12.0 Å². The highest BCUT2D eigenvalue weighted by Crippen LogP contribution is 2.38. The Hall–Kier alpha value is -2.93. The van der Waals surface area contributed by atoms with Crippen LogP contribution in [0.5, 0.6) is 0 Å². The molecule has 29 heavy (non-hydrogen) atoms. The Morgan fingerprint density at radius 3 is 2.93 bits per heavy atom. The Morgan fingerprint density at radius 1 is 1.48 bits per heavy atom. The molecule has 1 spiro atoms. The average molecular weight is 418 g/mol. The van der Waals surface area contributed by atoms with Gasteiger partial charge in [-0.3, -0.25) is 19.3 Å². The lowest BCUT2D eigenvalue weighted by atomic mass is 9.73. The number of carbonyl (C=O) groups excluding carboxylic acids is 4. The Labute approximate surface area is 172 Å². The Kier molecular flexibility index (Phi) is 5.88. The largest absolute Gasteiger partial charge is 0.451 e. The van der Waals surface area contributed by atoms with Gasteiger partial charge < -0.3 is 15.4 Å². The molecular formula is C19H22N4O5S. The van der Waals surface area contributed by atoms with Crippen LogP contribution in [0.25, 0.3) is 0 Å². The van der Waals surface area contributed by atoms with Crippen LogP contribution in [0.15, 0.2) is 11.4 Å². The summed E-state index contributed by atoms with van der Waals surface area (Å²) in [7, 11) is 0. The number of nitrogens with one attached hydrogen (secondary N) is 2. The number of anilines is 1. The Morgan fingerprint density at radius 2 is 2.24 bits per heavy atom. The van der Waals surface area contributed by atoms with E-state index < -0.39 is 42.0 Å². The van der Waals surface area contributed by atoms with Gasteiger partial charge in [-0.05, 0) is 37.1 Å². The molecule has 2 N–H and O–H groups in total. The van der Waals surface area contributed by atoms with E-state index in [4.69, 9.17) is 10.00 Å². The van der Waals surface area contributed by atoms with E-state index in [1.807, 2.05) is 13.0 Å². The summed E-state index contributed by atoms with van der Waals surface area (Å²) in [6.07, 6.45) is 2.05. The number of carbonyl (C=O) groups is 4. The smallest absolute Gasteiger partial charge is 0.327 e. The summed E-state index contributed by atoms with van der Waals surface area (Å²) in [5.41, 5.74) is -0.640. The first-order valence-corrected chi connectivity index (χ1v) is 10.3. The van der Waals surface area contributed by atoms with E-state index in [0.29, 0.717) is 17.0 Å². The molecule has 3 atom stereocenters. The SMILES string of the molecule is C[C@H](OC(=O)CN1C(=O)N[C@@]2(CCCC[C@H]2C)C1=O)C(=O)Nc1sccc1C#N. The molecule has 0 unspecified atom stereocenters. The summed E-state index contributed by atoms with van der Waals surface area (Å²) < 4.78 is 5.09. The van der Waals surface area contributed by atoms with Gasteiger partial charge in [0.2, 0.25) is 0 Å². The van der Waals surface area contributed by atoms with Crippen LogP contribution < -0.4 is 10.6 Å². The van der Waals surface area contributed by atoms with E-state index in [1.54, 1.807) is 11.4 Å². The minimum atomic E-state index is -1.15. The number of amides is 4. The Bertz CT molecular complexity index is 891. The van der Waals surface area contributed by atoms with Gasteiger partial charge in [0.15, 0.2) is 6.10 Å². The zero-order chi connectivity index (χ0) is 21.2. The average Bonchev–Trinajstić information content (AvgIpc) is 3.22. The lowest BCUT2D eigenvalue weighted by molar-refractivity contribution is -0.155. The molecule has 1 aliphatic heterocycles. The maximum Gasteiger partial charge on any atom is 0.327 e. The number of imide groups is 1. The highest BCUT2D eigenvalue weighted by Gasteiger charge is 2.55. The number of ether oxygens (including phenoxy) is 1. The molecule has 2 heterocycles. The van der Waals surface area contributed by atoms with Crippen LogP contribution in [-0.2, 0) is 19.1 Å². The van der Waals surface area contributed by atoms with Gasteiger partial charge in [0.25, 0.3) is 11.8 Å². The number of hydrogen-bond acceptors (Lipinski definition) is 7. The molecule has 0 radical (unpaired) electrons. The molecule has 1 saturated carbocycles. The standard InChI is InChI=1S/C19H22N4O5S/c1-11-5-3-4-7-19(11)17(26)23(18(27)22-19)10-14(24)28-12(2)15(25)21-16-13(9-20)6-8-29-16/h6,8,11-12H,3-5,7,10H2,1-2H3,(H,21,25)(H,22,27)/t11-,12+,19-/m1/s1. The zero-order valence-electron chi connectivity index (χ0n) is 16.2. The van der Waals surface area contributed by atoms with Gasteiger partial charge in [0.05, 0.1) is 5.56 Å². The summed E-state index contributed by atoms with van der Waals surface area (Å²) >= 11 is 1.18. The molecule has 1 saturated heterocycles. The first-order valence-electron chi connectivity index (χ1n) is 9.40. The number of thiophene rings is 1. The van der Waals surface area contributed by atoms with Crippen molar-refractivity contribution in [2.24, 2.45) is 5.92 Å². The quantitative estimate of drug-likeness (QED) is 0.556. The van der Waals surface area contributed by atoms with Crippen molar-refractivity contribution in [3.05, 3.63) is 17.0 Å². The molecule has 9 nitrogen and oxygen atoms in total. The van der Waals surface area contributed by atoms with Crippen molar-refractivity contribution < 1.29 is 23.9 Å². The number of urea groups is 1. The van der Waals surface area contributed by atoms with Gasteiger partial charge in [0.1, 0.15) is 23.2 Å². The maximum absolute atomic E-state index is 12.9. The second-order valence-electron chi connectivity index (χ2n) is 7.34. The molecule has 4 amide bonds. The summed E-state index contributed by atoms with van der Waals surface area (Å²) in [5.74, 6) is -1.89. The summed E-state index contributed by atoms with van der Waals surface area (Å²) in [6, 6.07) is 2.90. The van der Waals surface area contributed by atoms with E-state index >= 15 is 0 Å². The minimum absolute atomic E-state index is 0.0152. The fraction of sp³-hybridized carbons (Fsp3) is 0.526. The van der Waals surface area contributed by atoms with Crippen molar-refractivity contribution in [1.29, 1.82) is 5.26 Å². The third-order valence-corrected chi connectivity index (χ3v) is 6.32. The van der Waals surface area contributed by atoms with Crippen LogP contribution in [0, 0.1) is 17.2 Å². The van der Waals surface area contributed by atoms with Crippen molar-refractivity contribution in [2.45, 2.75) is 51.2 Å². The third-order valence-electron chi connectivity index (χ3n) is 5.49. The van der Waals surface area contributed by atoms with E-state index in [2.05, 4.69) is 10.6 Å². The van der Waals surface area contributed by atoms with Gasteiger partial charge in [-0.25, -0.2) is 4.79 Å². The van der Waals surface area contributed by atoms with Crippen LogP contribution in [-0.4, -0.2) is 46.9 Å². The minimum Gasteiger partial charge on any atom is -0.451 e. The zero-order valence-corrected chi connectivity index (χ0v) is 17.0. The van der Waals surface area contributed by atoms with Crippen LogP contribution >= 0.6 is 11.3 Å². The molecule has 154 valence electrons. The lowest BCUT2D eigenvalue weighted by Crippen LogP contribution is -2.54. The van der Waals surface area contributed by atoms with Crippen molar-refractivity contribution in [2.75, 3.05) is 11.9 Å². The summed E-state index contributed by atoms with van der Waals surface area (Å²) in [6.45, 7) is 2.74. The molecule has 1 aliphatic carbocycles. The van der Waals surface area contributed by atoms with Crippen molar-refractivity contribution in [3.8, 4) is 6.07 Å². The van der Waals surface area contributed by atoms with Gasteiger partial charge in [-0.2, -0.15) is 5.26 Å². The van der Waals surface area contributed by atoms with Crippen LogP contribution in [0.2, 0.25) is 0 Å². The number of esters is 1. The molecule has 1 aromatic heterocycles. The van der Waals surface area contributed by atoms with E-state index in [1.165, 1.54) is 18.3 Å². The van der Waals surface area contributed by atoms with Crippen LogP contribution in [0.3, 0.4) is 0 Å². The number of rotatable bonds is 5. The Balaban J connectivity index is 1.59. The van der Waals surface area contributed by atoms with Crippen LogP contribution in [0.4, 0.5) is 9.80 Å². The van der Waals surface area contributed by atoms with Gasteiger partial charge in [-0.1, -0.05) is 19.8 Å². The van der Waals surface area contributed by atoms with Crippen molar-refractivity contribution >= 4 is 40.2 Å². The highest BCUT2D eigenvalue weighted by molar-refractivity contribution is 7.14. The molecule has 2 fully saturated rings. The van der Waals surface area contributed by atoms with E-state index in [9.17, 15) is 19.2 Å². The first-order chi connectivity index (χ1) is 13.8. The number of nitriles is 1. The predicted octanol–water partition coefficient (Wildman–Crippen LogP) is 1.99. The topological polar surface area (TPSA) is 129 Å². The second-order valence-corrected chi connectivity index (χ2v) is 8.25. The van der Waals surface area contributed by atoms with Crippen molar-refractivity contribution in [3.63, 3.8) is 0 Å². The normalized spacial score (nSPS) is 24.7. The molecule has 0 aromatic carbocycles. The molecule has 1 aromatic rings. The number of hydrogen-bond donors (Lipinski definition) is 2. The molecule has 2 aliphatic rings. The molecule has 0 bridgehead atoms. The molecule has 10 heteroatoms. The van der Waals surface area contributed by atoms with E-state index in [0.717, 1.165) is 24.2 Å². The summed E-state index contributed by atoms with van der Waals surface area (Å²) in [4.78, 5) is 50.5. The molecule has 3 rings (SSSR count). The monoisotopic (exact) mass is 418 g/mol. The first kappa shape index (κ1) is 20.8. The van der Waals surface area contributed by atoms with Crippen molar-refractivity contribution in [1.82, 2.24) is 10.2 Å². The predicted molar refractivity (Wildman–Crippen MR) is 104 cm³/mol. The highest BCUT2D eigenvalue weighted by atomic mass is 32.1. The number of nitrogens with zero attached hydrogens (tertiary/aromatic N) is 2. The third kappa shape index (κ3) is 3.96.